The normalized spacial score (nSPS) is 20.9. The Labute approximate surface area is 120 Å². The summed E-state index contributed by atoms with van der Waals surface area (Å²) in [6, 6.07) is 2.73. The molecule has 0 amide bonds. The molecule has 3 nitrogen and oxygen atoms in total. The van der Waals surface area contributed by atoms with Crippen LogP contribution in [0.1, 0.15) is 41.1 Å². The Morgan fingerprint density at radius 2 is 2.37 bits per heavy atom. The van der Waals surface area contributed by atoms with Gasteiger partial charge in [0.05, 0.1) is 12.7 Å². The first-order chi connectivity index (χ1) is 9.16. The number of ether oxygens (including phenoxy) is 2. The summed E-state index contributed by atoms with van der Waals surface area (Å²) in [6.45, 7) is 10.1. The van der Waals surface area contributed by atoms with E-state index in [1.54, 1.807) is 0 Å². The molecule has 0 bridgehead atoms. The number of nitrogens with one attached hydrogen (secondary N) is 1. The Morgan fingerprint density at radius 1 is 1.53 bits per heavy atom. The van der Waals surface area contributed by atoms with E-state index in [0.29, 0.717) is 12.1 Å². The molecule has 1 saturated heterocycles. The zero-order valence-electron chi connectivity index (χ0n) is 12.2. The molecule has 0 spiro atoms. The molecular weight excluding hydrogens is 258 g/mol. The Hall–Kier alpha value is -0.420. The second-order valence-corrected chi connectivity index (χ2v) is 6.71. The van der Waals surface area contributed by atoms with E-state index in [4.69, 9.17) is 9.47 Å². The van der Waals surface area contributed by atoms with Gasteiger partial charge in [0.25, 0.3) is 0 Å². The van der Waals surface area contributed by atoms with Crippen LogP contribution in [-0.4, -0.2) is 32.5 Å². The monoisotopic (exact) mass is 283 g/mol. The largest absolute Gasteiger partial charge is 0.379 e. The van der Waals surface area contributed by atoms with Gasteiger partial charge in [0, 0.05) is 29.0 Å². The van der Waals surface area contributed by atoms with Gasteiger partial charge in [-0.1, -0.05) is 0 Å². The van der Waals surface area contributed by atoms with E-state index in [1.165, 1.54) is 15.3 Å². The molecule has 1 fully saturated rings. The van der Waals surface area contributed by atoms with Gasteiger partial charge in [-0.05, 0) is 51.8 Å². The van der Waals surface area contributed by atoms with Crippen molar-refractivity contribution in [3.63, 3.8) is 0 Å². The van der Waals surface area contributed by atoms with Crippen molar-refractivity contribution < 1.29 is 9.47 Å². The van der Waals surface area contributed by atoms with Crippen molar-refractivity contribution in [3.8, 4) is 0 Å². The Morgan fingerprint density at radius 3 is 3.00 bits per heavy atom. The third kappa shape index (κ3) is 4.56. The molecule has 2 rings (SSSR count). The van der Waals surface area contributed by atoms with Crippen molar-refractivity contribution >= 4 is 11.3 Å². The molecule has 2 heterocycles. The summed E-state index contributed by atoms with van der Waals surface area (Å²) >= 11 is 1.88. The molecule has 1 aromatic heterocycles. The SMILES string of the molecule is Cc1cc([C@@H](C)NCCCO[C@H]2CCOC2)c(C)s1. The van der Waals surface area contributed by atoms with Gasteiger partial charge in [0.15, 0.2) is 0 Å². The fraction of sp³-hybridized carbons (Fsp3) is 0.733. The summed E-state index contributed by atoms with van der Waals surface area (Å²) in [7, 11) is 0. The van der Waals surface area contributed by atoms with Crippen molar-refractivity contribution in [3.05, 3.63) is 21.4 Å². The van der Waals surface area contributed by atoms with Crippen LogP contribution in [0, 0.1) is 13.8 Å². The van der Waals surface area contributed by atoms with Crippen LogP contribution in [0.15, 0.2) is 6.07 Å². The minimum absolute atomic E-state index is 0.333. The zero-order chi connectivity index (χ0) is 13.7. The quantitative estimate of drug-likeness (QED) is 0.779. The number of hydrogen-bond acceptors (Lipinski definition) is 4. The van der Waals surface area contributed by atoms with Crippen LogP contribution in [-0.2, 0) is 9.47 Å². The highest BCUT2D eigenvalue weighted by Gasteiger charge is 2.15. The standard InChI is InChI=1S/C15H25NO2S/c1-11-9-15(13(3)19-11)12(2)16-6-4-7-18-14-5-8-17-10-14/h9,12,14,16H,4-8,10H2,1-3H3/t12-,14+/m1/s1. The molecule has 4 heteroatoms. The van der Waals surface area contributed by atoms with Gasteiger partial charge >= 0.3 is 0 Å². The van der Waals surface area contributed by atoms with E-state index in [2.05, 4.69) is 32.2 Å². The van der Waals surface area contributed by atoms with E-state index in [0.717, 1.165) is 39.2 Å². The first-order valence-corrected chi connectivity index (χ1v) is 7.98. The fourth-order valence-corrected chi connectivity index (χ4v) is 3.50. The van der Waals surface area contributed by atoms with Crippen LogP contribution < -0.4 is 5.32 Å². The van der Waals surface area contributed by atoms with Gasteiger partial charge < -0.3 is 14.8 Å². The summed E-state index contributed by atoms with van der Waals surface area (Å²) in [5, 5.41) is 3.57. The minimum Gasteiger partial charge on any atom is -0.379 e. The second kappa shape index (κ2) is 7.39. The van der Waals surface area contributed by atoms with Crippen molar-refractivity contribution in [1.82, 2.24) is 5.32 Å². The lowest BCUT2D eigenvalue weighted by Gasteiger charge is -2.14. The lowest BCUT2D eigenvalue weighted by Crippen LogP contribution is -2.22. The first-order valence-electron chi connectivity index (χ1n) is 7.16. The molecule has 2 atom stereocenters. The van der Waals surface area contributed by atoms with Gasteiger partial charge in [-0.3, -0.25) is 0 Å². The lowest BCUT2D eigenvalue weighted by atomic mass is 10.1. The van der Waals surface area contributed by atoms with E-state index in [-0.39, 0.29) is 0 Å². The average Bonchev–Trinajstić information content (AvgIpc) is 2.98. The smallest absolute Gasteiger partial charge is 0.0830 e. The number of rotatable bonds is 7. The van der Waals surface area contributed by atoms with Gasteiger partial charge in [0.2, 0.25) is 0 Å². The maximum Gasteiger partial charge on any atom is 0.0830 e. The number of hydrogen-bond donors (Lipinski definition) is 1. The summed E-state index contributed by atoms with van der Waals surface area (Å²) < 4.78 is 11.0. The molecule has 19 heavy (non-hydrogen) atoms. The maximum absolute atomic E-state index is 5.76. The molecule has 0 saturated carbocycles. The topological polar surface area (TPSA) is 30.5 Å². The van der Waals surface area contributed by atoms with Gasteiger partial charge in [-0.15, -0.1) is 11.3 Å². The van der Waals surface area contributed by atoms with Crippen LogP contribution in [0.4, 0.5) is 0 Å². The summed E-state index contributed by atoms with van der Waals surface area (Å²) in [5.41, 5.74) is 1.44. The van der Waals surface area contributed by atoms with Crippen LogP contribution in [0.5, 0.6) is 0 Å². The molecule has 1 aliphatic heterocycles. The highest BCUT2D eigenvalue weighted by atomic mass is 32.1. The number of aryl methyl sites for hydroxylation is 2. The van der Waals surface area contributed by atoms with Crippen LogP contribution in [0.25, 0.3) is 0 Å². The molecule has 108 valence electrons. The van der Waals surface area contributed by atoms with E-state index >= 15 is 0 Å². The molecular formula is C15H25NO2S. The third-order valence-corrected chi connectivity index (χ3v) is 4.54. The summed E-state index contributed by atoms with van der Waals surface area (Å²) in [4.78, 5) is 2.82. The minimum atomic E-state index is 0.333. The molecule has 1 aromatic rings. The highest BCUT2D eigenvalue weighted by molar-refractivity contribution is 7.12. The van der Waals surface area contributed by atoms with Gasteiger partial charge in [0.1, 0.15) is 0 Å². The number of thiophene rings is 1. The van der Waals surface area contributed by atoms with Crippen LogP contribution in [0.2, 0.25) is 0 Å². The highest BCUT2D eigenvalue weighted by Crippen LogP contribution is 2.25. The van der Waals surface area contributed by atoms with Crippen LogP contribution in [0.3, 0.4) is 0 Å². The third-order valence-electron chi connectivity index (χ3n) is 3.56. The van der Waals surface area contributed by atoms with Gasteiger partial charge in [-0.25, -0.2) is 0 Å². The zero-order valence-corrected chi connectivity index (χ0v) is 13.0. The van der Waals surface area contributed by atoms with E-state index in [1.807, 2.05) is 11.3 Å². The van der Waals surface area contributed by atoms with Crippen molar-refractivity contribution in [1.29, 1.82) is 0 Å². The van der Waals surface area contributed by atoms with E-state index in [9.17, 15) is 0 Å². The fourth-order valence-electron chi connectivity index (χ4n) is 2.48. The summed E-state index contributed by atoms with van der Waals surface area (Å²) in [6.07, 6.45) is 2.44. The van der Waals surface area contributed by atoms with E-state index < -0.39 is 0 Å². The Bertz CT molecular complexity index is 385. The predicted octanol–water partition coefficient (Wildman–Crippen LogP) is 3.21. The lowest BCUT2D eigenvalue weighted by molar-refractivity contribution is 0.0414. The molecule has 0 radical (unpaired) electrons. The Kier molecular flexibility index (Phi) is 5.82. The Balaban J connectivity index is 1.61. The van der Waals surface area contributed by atoms with Gasteiger partial charge in [-0.2, -0.15) is 0 Å². The second-order valence-electron chi connectivity index (χ2n) is 5.25. The van der Waals surface area contributed by atoms with Crippen molar-refractivity contribution in [2.24, 2.45) is 0 Å². The van der Waals surface area contributed by atoms with Crippen molar-refractivity contribution in [2.45, 2.75) is 45.8 Å². The summed E-state index contributed by atoms with van der Waals surface area (Å²) in [5.74, 6) is 0. The molecule has 0 aliphatic carbocycles. The molecule has 0 unspecified atom stereocenters. The molecule has 0 aromatic carbocycles. The molecule has 1 N–H and O–H groups in total. The predicted molar refractivity (Wildman–Crippen MR) is 80.0 cm³/mol. The van der Waals surface area contributed by atoms with Crippen molar-refractivity contribution in [2.75, 3.05) is 26.4 Å². The maximum atomic E-state index is 5.76. The average molecular weight is 283 g/mol. The molecule has 1 aliphatic rings. The van der Waals surface area contributed by atoms with Crippen LogP contribution >= 0.6 is 11.3 Å². The first kappa shape index (κ1) is 15.0.